The van der Waals surface area contributed by atoms with Gasteiger partial charge in [0.1, 0.15) is 0 Å². The van der Waals surface area contributed by atoms with Crippen molar-refractivity contribution < 1.29 is 14.7 Å². The summed E-state index contributed by atoms with van der Waals surface area (Å²) in [6, 6.07) is 6.97. The molecule has 0 aromatic heterocycles. The number of anilines is 1. The highest BCUT2D eigenvalue weighted by Gasteiger charge is 2.10. The second-order valence-corrected chi connectivity index (χ2v) is 6.53. The van der Waals surface area contributed by atoms with E-state index in [2.05, 4.69) is 20.9 Å². The highest BCUT2D eigenvalue weighted by Crippen LogP contribution is 2.11. The fraction of sp³-hybridized carbons (Fsp3) is 0.579. The molecule has 7 heteroatoms. The number of carbonyl (C=O) groups excluding carboxylic acids is 2. The SMILES string of the molecule is O=C(CNCCO)Nc1cccc(C(=O)CNCCN2CCCCC2)c1. The van der Waals surface area contributed by atoms with Gasteiger partial charge in [-0.05, 0) is 38.1 Å². The molecule has 4 N–H and O–H groups in total. The lowest BCUT2D eigenvalue weighted by Crippen LogP contribution is -2.37. The van der Waals surface area contributed by atoms with Crippen LogP contribution < -0.4 is 16.0 Å². The Morgan fingerprint density at radius 3 is 2.58 bits per heavy atom. The van der Waals surface area contributed by atoms with Crippen molar-refractivity contribution in [1.82, 2.24) is 15.5 Å². The molecule has 0 radical (unpaired) electrons. The van der Waals surface area contributed by atoms with Crippen LogP contribution in [0.15, 0.2) is 24.3 Å². The van der Waals surface area contributed by atoms with Gasteiger partial charge in [-0.2, -0.15) is 0 Å². The first-order valence-electron chi connectivity index (χ1n) is 9.37. The van der Waals surface area contributed by atoms with E-state index >= 15 is 0 Å². The summed E-state index contributed by atoms with van der Waals surface area (Å²) in [5, 5.41) is 17.5. The van der Waals surface area contributed by atoms with Crippen molar-refractivity contribution in [2.24, 2.45) is 0 Å². The Morgan fingerprint density at radius 1 is 1.04 bits per heavy atom. The number of piperidine rings is 1. The van der Waals surface area contributed by atoms with Crippen molar-refractivity contribution >= 4 is 17.4 Å². The Morgan fingerprint density at radius 2 is 1.81 bits per heavy atom. The summed E-state index contributed by atoms with van der Waals surface area (Å²) in [6.45, 7) is 4.87. The Balaban J connectivity index is 1.71. The maximum Gasteiger partial charge on any atom is 0.238 e. The minimum atomic E-state index is -0.206. The van der Waals surface area contributed by atoms with Crippen LogP contribution in [0.1, 0.15) is 29.6 Å². The number of nitrogens with one attached hydrogen (secondary N) is 3. The summed E-state index contributed by atoms with van der Waals surface area (Å²) in [7, 11) is 0. The van der Waals surface area contributed by atoms with Crippen LogP contribution in [0, 0.1) is 0 Å². The highest BCUT2D eigenvalue weighted by atomic mass is 16.3. The third kappa shape index (κ3) is 7.61. The van der Waals surface area contributed by atoms with Crippen molar-refractivity contribution in [3.8, 4) is 0 Å². The van der Waals surface area contributed by atoms with Crippen LogP contribution in [0.5, 0.6) is 0 Å². The van der Waals surface area contributed by atoms with Gasteiger partial charge >= 0.3 is 0 Å². The number of benzene rings is 1. The van der Waals surface area contributed by atoms with Gasteiger partial charge in [-0.1, -0.05) is 18.6 Å². The summed E-state index contributed by atoms with van der Waals surface area (Å²) >= 11 is 0. The zero-order chi connectivity index (χ0) is 18.6. The summed E-state index contributed by atoms with van der Waals surface area (Å²) in [5.74, 6) is -0.194. The zero-order valence-electron chi connectivity index (χ0n) is 15.3. The molecule has 0 bridgehead atoms. The van der Waals surface area contributed by atoms with E-state index in [-0.39, 0.29) is 24.8 Å². The van der Waals surface area contributed by atoms with Crippen molar-refractivity contribution in [3.63, 3.8) is 0 Å². The number of aliphatic hydroxyl groups is 1. The Labute approximate surface area is 155 Å². The average molecular weight is 362 g/mol. The van der Waals surface area contributed by atoms with Gasteiger partial charge in [-0.15, -0.1) is 0 Å². The molecule has 1 aliphatic rings. The molecule has 1 aromatic carbocycles. The Bertz CT molecular complexity index is 574. The van der Waals surface area contributed by atoms with Gasteiger partial charge < -0.3 is 26.0 Å². The third-order valence-electron chi connectivity index (χ3n) is 4.38. The molecule has 1 aromatic rings. The third-order valence-corrected chi connectivity index (χ3v) is 4.38. The first-order chi connectivity index (χ1) is 12.7. The summed E-state index contributed by atoms with van der Waals surface area (Å²) in [6.07, 6.45) is 3.87. The number of rotatable bonds is 11. The summed E-state index contributed by atoms with van der Waals surface area (Å²) < 4.78 is 0. The van der Waals surface area contributed by atoms with E-state index in [1.165, 1.54) is 19.3 Å². The first kappa shape index (κ1) is 20.5. The molecule has 0 saturated carbocycles. The molecule has 2 rings (SSSR count). The van der Waals surface area contributed by atoms with Crippen LogP contribution in [-0.2, 0) is 4.79 Å². The number of hydrogen-bond donors (Lipinski definition) is 4. The number of aliphatic hydroxyl groups excluding tert-OH is 1. The van der Waals surface area contributed by atoms with Crippen LogP contribution in [0.2, 0.25) is 0 Å². The lowest BCUT2D eigenvalue weighted by molar-refractivity contribution is -0.115. The van der Waals surface area contributed by atoms with Crippen molar-refractivity contribution in [3.05, 3.63) is 29.8 Å². The van der Waals surface area contributed by atoms with E-state index in [1.54, 1.807) is 24.3 Å². The fourth-order valence-electron chi connectivity index (χ4n) is 2.98. The van der Waals surface area contributed by atoms with Gasteiger partial charge in [0.15, 0.2) is 5.78 Å². The quantitative estimate of drug-likeness (QED) is 0.338. The van der Waals surface area contributed by atoms with E-state index in [0.717, 1.165) is 26.2 Å². The lowest BCUT2D eigenvalue weighted by atomic mass is 10.1. The molecule has 1 aliphatic heterocycles. The maximum atomic E-state index is 12.3. The van der Waals surface area contributed by atoms with Crippen LogP contribution in [0.3, 0.4) is 0 Å². The second-order valence-electron chi connectivity index (χ2n) is 6.53. The predicted molar refractivity (Wildman–Crippen MR) is 103 cm³/mol. The molecule has 0 atom stereocenters. The number of carbonyl (C=O) groups is 2. The molecular weight excluding hydrogens is 332 g/mol. The molecule has 1 amide bonds. The molecule has 144 valence electrons. The van der Waals surface area contributed by atoms with Gasteiger partial charge in [0.25, 0.3) is 0 Å². The summed E-state index contributed by atoms with van der Waals surface area (Å²) in [4.78, 5) is 26.5. The average Bonchev–Trinajstić information content (AvgIpc) is 2.66. The van der Waals surface area contributed by atoms with Crippen molar-refractivity contribution in [2.45, 2.75) is 19.3 Å². The fourth-order valence-corrected chi connectivity index (χ4v) is 2.98. The first-order valence-corrected chi connectivity index (χ1v) is 9.37. The number of Topliss-reactive ketones (excluding diaryl/α,β-unsaturated/α-hetero) is 1. The number of likely N-dealkylation sites (tertiary alicyclic amines) is 1. The molecule has 26 heavy (non-hydrogen) atoms. The Hall–Kier alpha value is -1.80. The van der Waals surface area contributed by atoms with Crippen LogP contribution in [-0.4, -0.2) is 74.1 Å². The molecule has 1 heterocycles. The van der Waals surface area contributed by atoms with E-state index in [9.17, 15) is 9.59 Å². The highest BCUT2D eigenvalue weighted by molar-refractivity contribution is 5.99. The number of nitrogens with zero attached hydrogens (tertiary/aromatic N) is 1. The van der Waals surface area contributed by atoms with E-state index in [1.807, 2.05) is 0 Å². The smallest absolute Gasteiger partial charge is 0.238 e. The standard InChI is InChI=1S/C19H30N4O3/c24-12-8-21-15-19(26)22-17-6-4-5-16(13-17)18(25)14-20-7-11-23-9-2-1-3-10-23/h4-6,13,20-21,24H,1-3,7-12,14-15H2,(H,22,26). The van der Waals surface area contributed by atoms with Crippen LogP contribution in [0.25, 0.3) is 0 Å². The molecule has 7 nitrogen and oxygen atoms in total. The van der Waals surface area contributed by atoms with Gasteiger partial charge in [0, 0.05) is 30.9 Å². The van der Waals surface area contributed by atoms with Crippen molar-refractivity contribution in [2.75, 3.05) is 57.7 Å². The zero-order valence-corrected chi connectivity index (χ0v) is 15.3. The Kier molecular flexibility index (Phi) is 9.27. The van der Waals surface area contributed by atoms with Gasteiger partial charge in [0.2, 0.25) is 5.91 Å². The van der Waals surface area contributed by atoms with Gasteiger partial charge in [0.05, 0.1) is 19.7 Å². The van der Waals surface area contributed by atoms with E-state index < -0.39 is 0 Å². The minimum absolute atomic E-state index is 0.0119. The second kappa shape index (κ2) is 11.7. The maximum absolute atomic E-state index is 12.3. The normalized spacial score (nSPS) is 15.0. The number of hydrogen-bond acceptors (Lipinski definition) is 6. The number of ketones is 1. The van der Waals surface area contributed by atoms with Crippen LogP contribution in [0.4, 0.5) is 5.69 Å². The van der Waals surface area contributed by atoms with Gasteiger partial charge in [-0.3, -0.25) is 9.59 Å². The largest absolute Gasteiger partial charge is 0.395 e. The van der Waals surface area contributed by atoms with Crippen molar-refractivity contribution in [1.29, 1.82) is 0 Å². The topological polar surface area (TPSA) is 93.7 Å². The van der Waals surface area contributed by atoms with Gasteiger partial charge in [-0.25, -0.2) is 0 Å². The predicted octanol–water partition coefficient (Wildman–Crippen LogP) is 0.465. The molecule has 0 aliphatic carbocycles. The molecule has 0 unspecified atom stereocenters. The molecule has 0 spiro atoms. The van der Waals surface area contributed by atoms with Crippen LogP contribution >= 0.6 is 0 Å². The lowest BCUT2D eigenvalue weighted by Gasteiger charge is -2.26. The molecular formula is C19H30N4O3. The molecule has 1 fully saturated rings. The summed E-state index contributed by atoms with van der Waals surface area (Å²) in [5.41, 5.74) is 1.18. The minimum Gasteiger partial charge on any atom is -0.395 e. The monoisotopic (exact) mass is 362 g/mol. The number of amides is 1. The van der Waals surface area contributed by atoms with E-state index in [4.69, 9.17) is 5.11 Å². The van der Waals surface area contributed by atoms with E-state index in [0.29, 0.717) is 24.3 Å². The molecule has 1 saturated heterocycles.